The van der Waals surface area contributed by atoms with Gasteiger partial charge in [0.1, 0.15) is 0 Å². The minimum atomic E-state index is -0.948. The first-order valence-electron chi connectivity index (χ1n) is 8.52. The van der Waals surface area contributed by atoms with Crippen LogP contribution in [0.2, 0.25) is 0 Å². The molecule has 0 radical (unpaired) electrons. The highest BCUT2D eigenvalue weighted by atomic mass is 16.4. The average molecular weight is 355 g/mol. The van der Waals surface area contributed by atoms with Crippen LogP contribution in [0.1, 0.15) is 12.8 Å². The van der Waals surface area contributed by atoms with Gasteiger partial charge in [0.15, 0.2) is 11.6 Å². The number of carboxylic acids is 1. The number of nitrogens with one attached hydrogen (secondary N) is 1. The fraction of sp³-hybridized carbons (Fsp3) is 0.333. The van der Waals surface area contributed by atoms with E-state index in [1.807, 2.05) is 42.5 Å². The van der Waals surface area contributed by atoms with Crippen molar-refractivity contribution in [3.05, 3.63) is 42.5 Å². The summed E-state index contributed by atoms with van der Waals surface area (Å²) < 4.78 is 0. The molecule has 2 heterocycles. The van der Waals surface area contributed by atoms with E-state index in [4.69, 9.17) is 5.11 Å². The van der Waals surface area contributed by atoms with Crippen molar-refractivity contribution in [3.63, 3.8) is 0 Å². The second-order valence-corrected chi connectivity index (χ2v) is 6.03. The molecule has 0 saturated carbocycles. The number of carboxylic acid groups (broad SMARTS) is 1. The number of aromatic nitrogens is 2. The van der Waals surface area contributed by atoms with Crippen LogP contribution in [0.25, 0.3) is 0 Å². The molecule has 26 heavy (non-hydrogen) atoms. The summed E-state index contributed by atoms with van der Waals surface area (Å²) in [5.41, 5.74) is 0.947. The lowest BCUT2D eigenvalue weighted by Crippen LogP contribution is -2.49. The number of nitrogens with zero attached hydrogens (tertiary/aromatic N) is 4. The van der Waals surface area contributed by atoms with Crippen LogP contribution in [0, 0.1) is 0 Å². The lowest BCUT2D eigenvalue weighted by molar-refractivity contribution is -0.141. The molecule has 1 aromatic heterocycles. The molecule has 1 amide bonds. The molecular weight excluding hydrogens is 334 g/mol. The predicted molar refractivity (Wildman–Crippen MR) is 97.4 cm³/mol. The second kappa shape index (κ2) is 8.28. The zero-order valence-electron chi connectivity index (χ0n) is 14.3. The van der Waals surface area contributed by atoms with Crippen LogP contribution in [-0.4, -0.2) is 58.3 Å². The molecule has 1 aliphatic rings. The summed E-state index contributed by atoms with van der Waals surface area (Å²) in [6, 6.07) is 13.5. The van der Waals surface area contributed by atoms with Crippen molar-refractivity contribution in [1.29, 1.82) is 0 Å². The minimum absolute atomic E-state index is 0.0506. The molecule has 0 unspecified atom stereocenters. The molecule has 0 aliphatic carbocycles. The summed E-state index contributed by atoms with van der Waals surface area (Å²) >= 11 is 0. The zero-order valence-corrected chi connectivity index (χ0v) is 14.3. The maximum absolute atomic E-state index is 12.0. The van der Waals surface area contributed by atoms with Gasteiger partial charge >= 0.3 is 5.97 Å². The Morgan fingerprint density at radius 2 is 1.69 bits per heavy atom. The smallest absolute Gasteiger partial charge is 0.303 e. The standard InChI is InChI=1S/C18H21N5O3/c24-17(8-9-18(25)26)23-12-10-22(11-13-23)16-7-6-15(20-21-16)19-14-4-2-1-3-5-14/h1-7H,8-13H2,(H,19,20)(H,25,26). The molecule has 8 heteroatoms. The molecule has 0 bridgehead atoms. The number of aliphatic carboxylic acids is 1. The Bertz CT molecular complexity index is 743. The summed E-state index contributed by atoms with van der Waals surface area (Å²) in [6.45, 7) is 2.42. The minimum Gasteiger partial charge on any atom is -0.481 e. The van der Waals surface area contributed by atoms with E-state index in [9.17, 15) is 9.59 Å². The van der Waals surface area contributed by atoms with E-state index >= 15 is 0 Å². The van der Waals surface area contributed by atoms with Crippen molar-refractivity contribution < 1.29 is 14.7 Å². The van der Waals surface area contributed by atoms with Gasteiger partial charge in [0.05, 0.1) is 6.42 Å². The van der Waals surface area contributed by atoms with Crippen LogP contribution >= 0.6 is 0 Å². The van der Waals surface area contributed by atoms with Gasteiger partial charge in [-0.1, -0.05) is 18.2 Å². The normalized spacial score (nSPS) is 14.2. The Morgan fingerprint density at radius 1 is 0.962 bits per heavy atom. The fourth-order valence-electron chi connectivity index (χ4n) is 2.79. The van der Waals surface area contributed by atoms with Gasteiger partial charge in [0, 0.05) is 38.3 Å². The summed E-state index contributed by atoms with van der Waals surface area (Å²) in [4.78, 5) is 26.3. The number of carbonyl (C=O) groups is 2. The van der Waals surface area contributed by atoms with Gasteiger partial charge in [-0.3, -0.25) is 9.59 Å². The second-order valence-electron chi connectivity index (χ2n) is 6.03. The van der Waals surface area contributed by atoms with E-state index in [1.54, 1.807) is 4.90 Å². The first kappa shape index (κ1) is 17.7. The zero-order chi connectivity index (χ0) is 18.4. The number of amides is 1. The monoisotopic (exact) mass is 355 g/mol. The van der Waals surface area contributed by atoms with Crippen LogP contribution < -0.4 is 10.2 Å². The van der Waals surface area contributed by atoms with Crippen molar-refractivity contribution in [2.45, 2.75) is 12.8 Å². The molecule has 1 saturated heterocycles. The van der Waals surface area contributed by atoms with Gasteiger partial charge in [0.25, 0.3) is 0 Å². The topological polar surface area (TPSA) is 98.7 Å². The molecule has 136 valence electrons. The quantitative estimate of drug-likeness (QED) is 0.814. The fourth-order valence-corrected chi connectivity index (χ4v) is 2.79. The van der Waals surface area contributed by atoms with Gasteiger partial charge in [-0.2, -0.15) is 0 Å². The maximum Gasteiger partial charge on any atom is 0.303 e. The Hall–Kier alpha value is -3.16. The molecule has 0 spiro atoms. The van der Waals surface area contributed by atoms with E-state index in [-0.39, 0.29) is 18.7 Å². The number of piperazine rings is 1. The number of hydrogen-bond donors (Lipinski definition) is 2. The van der Waals surface area contributed by atoms with Gasteiger partial charge in [-0.05, 0) is 24.3 Å². The van der Waals surface area contributed by atoms with E-state index in [0.29, 0.717) is 32.0 Å². The lowest BCUT2D eigenvalue weighted by Gasteiger charge is -2.35. The molecule has 1 fully saturated rings. The van der Waals surface area contributed by atoms with Crippen LogP contribution in [-0.2, 0) is 9.59 Å². The number of rotatable bonds is 6. The predicted octanol–water partition coefficient (Wildman–Crippen LogP) is 1.73. The van der Waals surface area contributed by atoms with E-state index in [1.165, 1.54) is 0 Å². The molecule has 8 nitrogen and oxygen atoms in total. The first-order chi connectivity index (χ1) is 12.6. The summed E-state index contributed by atoms with van der Waals surface area (Å²) in [5, 5.41) is 20.3. The highest BCUT2D eigenvalue weighted by Gasteiger charge is 2.22. The molecule has 2 N–H and O–H groups in total. The Kier molecular flexibility index (Phi) is 5.62. The number of carbonyl (C=O) groups excluding carboxylic acids is 1. The third kappa shape index (κ3) is 4.69. The molecule has 2 aromatic rings. The van der Waals surface area contributed by atoms with Crippen molar-refractivity contribution >= 4 is 29.2 Å². The SMILES string of the molecule is O=C(O)CCC(=O)N1CCN(c2ccc(Nc3ccccc3)nn2)CC1. The highest BCUT2D eigenvalue weighted by molar-refractivity contribution is 5.81. The van der Waals surface area contributed by atoms with Gasteiger partial charge in [-0.15, -0.1) is 10.2 Å². The van der Waals surface area contributed by atoms with Crippen molar-refractivity contribution in [2.75, 3.05) is 36.4 Å². The average Bonchev–Trinajstić information content (AvgIpc) is 2.68. The van der Waals surface area contributed by atoms with Crippen molar-refractivity contribution in [1.82, 2.24) is 15.1 Å². The molecule has 1 aliphatic heterocycles. The Balaban J connectivity index is 1.51. The summed E-state index contributed by atoms with van der Waals surface area (Å²) in [6.07, 6.45) is -0.0740. The number of para-hydroxylation sites is 1. The van der Waals surface area contributed by atoms with Crippen LogP contribution in [0.5, 0.6) is 0 Å². The van der Waals surface area contributed by atoms with Gasteiger partial charge < -0.3 is 20.2 Å². The van der Waals surface area contributed by atoms with E-state index in [2.05, 4.69) is 20.4 Å². The van der Waals surface area contributed by atoms with Crippen LogP contribution in [0.3, 0.4) is 0 Å². The Labute approximate surface area is 151 Å². The third-order valence-electron chi connectivity index (χ3n) is 4.21. The number of hydrogen-bond acceptors (Lipinski definition) is 6. The largest absolute Gasteiger partial charge is 0.481 e. The van der Waals surface area contributed by atoms with Gasteiger partial charge in [-0.25, -0.2) is 0 Å². The molecule has 1 aromatic carbocycles. The van der Waals surface area contributed by atoms with Gasteiger partial charge in [0.2, 0.25) is 5.91 Å². The van der Waals surface area contributed by atoms with Crippen molar-refractivity contribution in [2.24, 2.45) is 0 Å². The molecule has 0 atom stereocenters. The number of benzene rings is 1. The lowest BCUT2D eigenvalue weighted by atomic mass is 10.2. The first-order valence-corrected chi connectivity index (χ1v) is 8.52. The molecular formula is C18H21N5O3. The molecule has 3 rings (SSSR count). The third-order valence-corrected chi connectivity index (χ3v) is 4.21. The van der Waals surface area contributed by atoms with E-state index in [0.717, 1.165) is 11.5 Å². The highest BCUT2D eigenvalue weighted by Crippen LogP contribution is 2.17. The summed E-state index contributed by atoms with van der Waals surface area (Å²) in [7, 11) is 0. The van der Waals surface area contributed by atoms with Crippen LogP contribution in [0.4, 0.5) is 17.3 Å². The summed E-state index contributed by atoms with van der Waals surface area (Å²) in [5.74, 6) is 0.376. The maximum atomic E-state index is 12.0. The number of anilines is 3. The van der Waals surface area contributed by atoms with Crippen LogP contribution in [0.15, 0.2) is 42.5 Å². The van der Waals surface area contributed by atoms with E-state index < -0.39 is 5.97 Å². The Morgan fingerprint density at radius 3 is 2.31 bits per heavy atom. The van der Waals surface area contributed by atoms with Crippen molar-refractivity contribution in [3.8, 4) is 0 Å².